The Kier molecular flexibility index (Phi) is 3.38. The van der Waals surface area contributed by atoms with Crippen LogP contribution in [0.1, 0.15) is 50.2 Å². The number of aryl methyl sites for hydroxylation is 1. The molecule has 2 heteroatoms. The Hall–Kier alpha value is -1.49. The lowest BCUT2D eigenvalue weighted by Crippen LogP contribution is -2.37. The minimum Gasteiger partial charge on any atom is -0.379 e. The highest BCUT2D eigenvalue weighted by Crippen LogP contribution is 2.32. The molecule has 0 aromatic heterocycles. The normalized spacial score (nSPS) is 18.4. The van der Waals surface area contributed by atoms with Crippen molar-refractivity contribution in [2.24, 2.45) is 0 Å². The second kappa shape index (κ2) is 4.79. The second-order valence-corrected chi connectivity index (χ2v) is 5.41. The first-order valence-electron chi connectivity index (χ1n) is 6.42. The second-order valence-electron chi connectivity index (χ2n) is 5.41. The number of nitrogens with one attached hydrogen (secondary N) is 1. The molecule has 0 atom stereocenters. The maximum atomic E-state index is 9.17. The van der Waals surface area contributed by atoms with Gasteiger partial charge in [0.1, 0.15) is 6.07 Å². The fraction of sp³-hybridized carbons (Fsp3) is 0.533. The summed E-state index contributed by atoms with van der Waals surface area (Å²) in [5.41, 5.74) is 3.05. The van der Waals surface area contributed by atoms with Gasteiger partial charge in [-0.15, -0.1) is 0 Å². The van der Waals surface area contributed by atoms with Gasteiger partial charge in [-0.25, -0.2) is 0 Å². The standard InChI is InChI=1S/C15H20N2/c1-12-6-7-14(13(10-12)11-16)17-15(2)8-4-3-5-9-15/h6-7,10,17H,3-5,8-9H2,1-2H3. The molecule has 1 aromatic carbocycles. The molecule has 0 saturated heterocycles. The first-order chi connectivity index (χ1) is 8.13. The van der Waals surface area contributed by atoms with E-state index in [0.29, 0.717) is 0 Å². The Balaban J connectivity index is 2.20. The third kappa shape index (κ3) is 2.79. The molecule has 90 valence electrons. The molecule has 0 aliphatic heterocycles. The van der Waals surface area contributed by atoms with Crippen molar-refractivity contribution in [3.8, 4) is 6.07 Å². The van der Waals surface area contributed by atoms with E-state index in [4.69, 9.17) is 5.26 Å². The van der Waals surface area contributed by atoms with Crippen molar-refractivity contribution in [1.82, 2.24) is 0 Å². The summed E-state index contributed by atoms with van der Waals surface area (Å²) in [6, 6.07) is 8.33. The van der Waals surface area contributed by atoms with Crippen molar-refractivity contribution >= 4 is 5.69 Å². The molecule has 2 rings (SSSR count). The van der Waals surface area contributed by atoms with E-state index < -0.39 is 0 Å². The van der Waals surface area contributed by atoms with E-state index in [1.165, 1.54) is 32.1 Å². The summed E-state index contributed by atoms with van der Waals surface area (Å²) < 4.78 is 0. The van der Waals surface area contributed by atoms with Crippen LogP contribution in [-0.2, 0) is 0 Å². The Morgan fingerprint density at radius 2 is 1.94 bits per heavy atom. The zero-order valence-corrected chi connectivity index (χ0v) is 10.7. The summed E-state index contributed by atoms with van der Waals surface area (Å²) in [7, 11) is 0. The van der Waals surface area contributed by atoms with Crippen LogP contribution in [0.5, 0.6) is 0 Å². The Bertz CT molecular complexity index is 437. The molecule has 1 aliphatic carbocycles. The zero-order chi connectivity index (χ0) is 12.3. The van der Waals surface area contributed by atoms with Gasteiger partial charge in [0.25, 0.3) is 0 Å². The molecule has 0 radical (unpaired) electrons. The molecule has 1 aromatic rings. The lowest BCUT2D eigenvalue weighted by atomic mass is 9.83. The number of nitrogens with zero attached hydrogens (tertiary/aromatic N) is 1. The van der Waals surface area contributed by atoms with Gasteiger partial charge < -0.3 is 5.32 Å². The minimum absolute atomic E-state index is 0.166. The van der Waals surface area contributed by atoms with Gasteiger partial charge in [0.05, 0.1) is 11.3 Å². The number of rotatable bonds is 2. The highest BCUT2D eigenvalue weighted by molar-refractivity contribution is 5.59. The summed E-state index contributed by atoms with van der Waals surface area (Å²) in [4.78, 5) is 0. The van der Waals surface area contributed by atoms with Crippen LogP contribution in [0.25, 0.3) is 0 Å². The van der Waals surface area contributed by atoms with Gasteiger partial charge in [0, 0.05) is 5.54 Å². The van der Waals surface area contributed by atoms with Crippen LogP contribution in [-0.4, -0.2) is 5.54 Å². The summed E-state index contributed by atoms with van der Waals surface area (Å²) in [6.07, 6.45) is 6.32. The van der Waals surface area contributed by atoms with Crippen LogP contribution < -0.4 is 5.32 Å². The van der Waals surface area contributed by atoms with Gasteiger partial charge in [0.15, 0.2) is 0 Å². The van der Waals surface area contributed by atoms with Gasteiger partial charge in [-0.1, -0.05) is 25.3 Å². The van der Waals surface area contributed by atoms with Crippen LogP contribution in [0.3, 0.4) is 0 Å². The van der Waals surface area contributed by atoms with Crippen molar-refractivity contribution in [3.05, 3.63) is 29.3 Å². The predicted octanol–water partition coefficient (Wildman–Crippen LogP) is 4.00. The Morgan fingerprint density at radius 3 is 2.59 bits per heavy atom. The first kappa shape index (κ1) is 12.0. The van der Waals surface area contributed by atoms with Gasteiger partial charge in [-0.05, 0) is 44.4 Å². The quantitative estimate of drug-likeness (QED) is 0.830. The molecule has 0 spiro atoms. The molecule has 1 aliphatic rings. The van der Waals surface area contributed by atoms with E-state index in [-0.39, 0.29) is 5.54 Å². The van der Waals surface area contributed by atoms with E-state index in [1.807, 2.05) is 19.1 Å². The van der Waals surface area contributed by atoms with Gasteiger partial charge >= 0.3 is 0 Å². The van der Waals surface area contributed by atoms with Crippen LogP contribution in [0.4, 0.5) is 5.69 Å². The van der Waals surface area contributed by atoms with E-state index in [0.717, 1.165) is 16.8 Å². The topological polar surface area (TPSA) is 35.8 Å². The number of hydrogen-bond acceptors (Lipinski definition) is 2. The average Bonchev–Trinajstić information content (AvgIpc) is 2.32. The molecule has 1 N–H and O–H groups in total. The van der Waals surface area contributed by atoms with Crippen LogP contribution in [0.15, 0.2) is 18.2 Å². The number of anilines is 1. The zero-order valence-electron chi connectivity index (χ0n) is 10.7. The molecule has 0 bridgehead atoms. The average molecular weight is 228 g/mol. The Labute approximate surface area is 104 Å². The van der Waals surface area contributed by atoms with Crippen molar-refractivity contribution in [3.63, 3.8) is 0 Å². The highest BCUT2D eigenvalue weighted by Gasteiger charge is 2.26. The van der Waals surface area contributed by atoms with Crippen molar-refractivity contribution < 1.29 is 0 Å². The lowest BCUT2D eigenvalue weighted by Gasteiger charge is -2.35. The van der Waals surface area contributed by atoms with Crippen LogP contribution in [0, 0.1) is 18.3 Å². The molecule has 0 heterocycles. The fourth-order valence-electron chi connectivity index (χ4n) is 2.64. The molecule has 0 amide bonds. The lowest BCUT2D eigenvalue weighted by molar-refractivity contribution is 0.349. The highest BCUT2D eigenvalue weighted by atomic mass is 15.0. The molecule has 17 heavy (non-hydrogen) atoms. The summed E-state index contributed by atoms with van der Waals surface area (Å²) in [5.74, 6) is 0. The summed E-state index contributed by atoms with van der Waals surface area (Å²) >= 11 is 0. The Morgan fingerprint density at radius 1 is 1.24 bits per heavy atom. The fourth-order valence-corrected chi connectivity index (χ4v) is 2.64. The maximum Gasteiger partial charge on any atom is 0.101 e. The van der Waals surface area contributed by atoms with E-state index in [1.54, 1.807) is 0 Å². The molecular weight excluding hydrogens is 208 g/mol. The largest absolute Gasteiger partial charge is 0.379 e. The monoisotopic (exact) mass is 228 g/mol. The summed E-state index contributed by atoms with van der Waals surface area (Å²) in [6.45, 7) is 4.29. The smallest absolute Gasteiger partial charge is 0.101 e. The van der Waals surface area contributed by atoms with Crippen LogP contribution in [0.2, 0.25) is 0 Å². The van der Waals surface area contributed by atoms with Gasteiger partial charge in [0.2, 0.25) is 0 Å². The minimum atomic E-state index is 0.166. The molecular formula is C15H20N2. The van der Waals surface area contributed by atoms with Crippen molar-refractivity contribution in [2.75, 3.05) is 5.32 Å². The number of benzene rings is 1. The first-order valence-corrected chi connectivity index (χ1v) is 6.42. The number of hydrogen-bond donors (Lipinski definition) is 1. The molecule has 0 unspecified atom stereocenters. The SMILES string of the molecule is Cc1ccc(NC2(C)CCCCC2)c(C#N)c1. The van der Waals surface area contributed by atoms with Crippen LogP contribution >= 0.6 is 0 Å². The number of nitriles is 1. The van der Waals surface area contributed by atoms with Crippen molar-refractivity contribution in [2.45, 2.75) is 51.5 Å². The molecule has 1 fully saturated rings. The maximum absolute atomic E-state index is 9.17. The van der Waals surface area contributed by atoms with Gasteiger partial charge in [-0.3, -0.25) is 0 Å². The van der Waals surface area contributed by atoms with E-state index in [2.05, 4.69) is 24.4 Å². The van der Waals surface area contributed by atoms with E-state index >= 15 is 0 Å². The van der Waals surface area contributed by atoms with E-state index in [9.17, 15) is 0 Å². The summed E-state index contributed by atoms with van der Waals surface area (Å²) in [5, 5.41) is 12.7. The van der Waals surface area contributed by atoms with Gasteiger partial charge in [-0.2, -0.15) is 5.26 Å². The third-order valence-corrected chi connectivity index (χ3v) is 3.69. The predicted molar refractivity (Wildman–Crippen MR) is 71.0 cm³/mol. The third-order valence-electron chi connectivity index (χ3n) is 3.69. The van der Waals surface area contributed by atoms with Crippen molar-refractivity contribution in [1.29, 1.82) is 5.26 Å². The molecule has 2 nitrogen and oxygen atoms in total. The molecule has 1 saturated carbocycles.